The number of rotatable bonds is 3. The fraction of sp³-hybridized carbons (Fsp3) is 0.250. The van der Waals surface area contributed by atoms with Crippen LogP contribution in [0, 0.1) is 0 Å². The molecule has 0 unspecified atom stereocenters. The van der Waals surface area contributed by atoms with Crippen LogP contribution in [-0.4, -0.2) is 11.7 Å². The molecule has 0 saturated heterocycles. The SMILES string of the molecule is Oc1cccc(CCNBr)c1. The average Bonchev–Trinajstić information content (AvgIpc) is 2.01. The Hall–Kier alpha value is -0.540. The van der Waals surface area contributed by atoms with Crippen molar-refractivity contribution in [3.63, 3.8) is 0 Å². The molecule has 0 aliphatic heterocycles. The second kappa shape index (κ2) is 4.36. The third kappa shape index (κ3) is 2.91. The molecule has 1 aromatic rings. The van der Waals surface area contributed by atoms with E-state index in [0.29, 0.717) is 5.75 Å². The number of phenols is 1. The largest absolute Gasteiger partial charge is 0.508 e. The highest BCUT2D eigenvalue weighted by molar-refractivity contribution is 9.08. The fourth-order valence-electron chi connectivity index (χ4n) is 0.904. The number of aromatic hydroxyl groups is 1. The Kier molecular flexibility index (Phi) is 3.39. The molecule has 2 N–H and O–H groups in total. The van der Waals surface area contributed by atoms with E-state index in [-0.39, 0.29) is 0 Å². The van der Waals surface area contributed by atoms with Gasteiger partial charge in [0.2, 0.25) is 0 Å². The van der Waals surface area contributed by atoms with Crippen molar-refractivity contribution in [1.82, 2.24) is 4.34 Å². The molecule has 0 amide bonds. The summed E-state index contributed by atoms with van der Waals surface area (Å²) in [5.41, 5.74) is 1.14. The highest BCUT2D eigenvalue weighted by atomic mass is 79.9. The van der Waals surface area contributed by atoms with E-state index in [1.165, 1.54) is 0 Å². The molecule has 1 aromatic carbocycles. The van der Waals surface area contributed by atoms with Crippen LogP contribution in [0.5, 0.6) is 5.75 Å². The Balaban J connectivity index is 2.56. The van der Waals surface area contributed by atoms with Gasteiger partial charge in [-0.3, -0.25) is 4.34 Å². The minimum absolute atomic E-state index is 0.331. The first-order chi connectivity index (χ1) is 5.33. The monoisotopic (exact) mass is 215 g/mol. The summed E-state index contributed by atoms with van der Waals surface area (Å²) in [6, 6.07) is 7.28. The number of nitrogens with one attached hydrogen (secondary N) is 1. The fourth-order valence-corrected chi connectivity index (χ4v) is 1.10. The van der Waals surface area contributed by atoms with Gasteiger partial charge in [0.05, 0.1) is 0 Å². The standard InChI is InChI=1S/C8H10BrNO/c9-10-5-4-7-2-1-3-8(11)6-7/h1-3,6,10-11H,4-5H2. The summed E-state index contributed by atoms with van der Waals surface area (Å²) in [5.74, 6) is 0.331. The summed E-state index contributed by atoms with van der Waals surface area (Å²) >= 11 is 3.11. The van der Waals surface area contributed by atoms with Crippen LogP contribution in [0.15, 0.2) is 24.3 Å². The highest BCUT2D eigenvalue weighted by Crippen LogP contribution is 2.10. The normalized spacial score (nSPS) is 9.91. The van der Waals surface area contributed by atoms with Crippen LogP contribution in [-0.2, 0) is 6.42 Å². The molecule has 0 saturated carbocycles. The predicted molar refractivity (Wildman–Crippen MR) is 48.7 cm³/mol. The van der Waals surface area contributed by atoms with Crippen molar-refractivity contribution < 1.29 is 5.11 Å². The Bertz CT molecular complexity index is 227. The second-order valence-corrected chi connectivity index (χ2v) is 2.86. The summed E-state index contributed by atoms with van der Waals surface area (Å²) in [6.07, 6.45) is 0.916. The maximum Gasteiger partial charge on any atom is 0.115 e. The van der Waals surface area contributed by atoms with Gasteiger partial charge in [0.25, 0.3) is 0 Å². The van der Waals surface area contributed by atoms with Gasteiger partial charge < -0.3 is 5.11 Å². The number of phenolic OH excluding ortho intramolecular Hbond substituents is 1. The zero-order valence-electron chi connectivity index (χ0n) is 6.05. The molecule has 0 heterocycles. The minimum atomic E-state index is 0.331. The number of hydrogen-bond donors (Lipinski definition) is 2. The van der Waals surface area contributed by atoms with Crippen LogP contribution < -0.4 is 4.34 Å². The van der Waals surface area contributed by atoms with E-state index in [0.717, 1.165) is 18.5 Å². The first-order valence-electron chi connectivity index (χ1n) is 3.44. The van der Waals surface area contributed by atoms with E-state index in [2.05, 4.69) is 20.5 Å². The van der Waals surface area contributed by atoms with Gasteiger partial charge >= 0.3 is 0 Å². The van der Waals surface area contributed by atoms with E-state index in [4.69, 9.17) is 5.11 Å². The van der Waals surface area contributed by atoms with Crippen molar-refractivity contribution in [2.45, 2.75) is 6.42 Å². The molecule has 0 radical (unpaired) electrons. The molecule has 0 aromatic heterocycles. The van der Waals surface area contributed by atoms with Crippen LogP contribution in [0.1, 0.15) is 5.56 Å². The zero-order valence-corrected chi connectivity index (χ0v) is 7.63. The van der Waals surface area contributed by atoms with Gasteiger partial charge in [0.15, 0.2) is 0 Å². The first kappa shape index (κ1) is 8.56. The molecule has 60 valence electrons. The van der Waals surface area contributed by atoms with Gasteiger partial charge in [-0.15, -0.1) is 0 Å². The summed E-state index contributed by atoms with van der Waals surface area (Å²) in [6.45, 7) is 0.865. The maximum absolute atomic E-state index is 9.08. The van der Waals surface area contributed by atoms with E-state index >= 15 is 0 Å². The molecule has 1 rings (SSSR count). The zero-order chi connectivity index (χ0) is 8.10. The summed E-state index contributed by atoms with van der Waals surface area (Å²) in [5, 5.41) is 9.08. The van der Waals surface area contributed by atoms with Crippen LogP contribution in [0.3, 0.4) is 0 Å². The molecule has 2 nitrogen and oxygen atoms in total. The summed E-state index contributed by atoms with van der Waals surface area (Å²) in [4.78, 5) is 0. The number of benzene rings is 1. The third-order valence-corrected chi connectivity index (χ3v) is 1.82. The van der Waals surface area contributed by atoms with Crippen molar-refractivity contribution in [2.75, 3.05) is 6.54 Å². The van der Waals surface area contributed by atoms with Gasteiger partial charge in [-0.2, -0.15) is 0 Å². The van der Waals surface area contributed by atoms with Crippen molar-refractivity contribution in [3.8, 4) is 5.75 Å². The van der Waals surface area contributed by atoms with Crippen molar-refractivity contribution >= 4 is 16.1 Å². The Labute approximate surface area is 74.6 Å². The molecule has 11 heavy (non-hydrogen) atoms. The first-order valence-corrected chi connectivity index (χ1v) is 4.23. The van der Waals surface area contributed by atoms with Gasteiger partial charge in [0, 0.05) is 22.7 Å². The van der Waals surface area contributed by atoms with Crippen molar-refractivity contribution in [1.29, 1.82) is 0 Å². The lowest BCUT2D eigenvalue weighted by atomic mass is 10.1. The van der Waals surface area contributed by atoms with Gasteiger partial charge in [-0.25, -0.2) is 0 Å². The minimum Gasteiger partial charge on any atom is -0.508 e. The summed E-state index contributed by atoms with van der Waals surface area (Å²) in [7, 11) is 0. The van der Waals surface area contributed by atoms with E-state index < -0.39 is 0 Å². The predicted octanol–water partition coefficient (Wildman–Crippen LogP) is 1.83. The Morgan fingerprint density at radius 2 is 2.27 bits per heavy atom. The van der Waals surface area contributed by atoms with Gasteiger partial charge in [-0.1, -0.05) is 12.1 Å². The Morgan fingerprint density at radius 3 is 2.91 bits per heavy atom. The smallest absolute Gasteiger partial charge is 0.115 e. The van der Waals surface area contributed by atoms with Gasteiger partial charge in [-0.05, 0) is 24.1 Å². The summed E-state index contributed by atoms with van der Waals surface area (Å²) < 4.78 is 2.87. The quantitative estimate of drug-likeness (QED) is 0.755. The topological polar surface area (TPSA) is 32.3 Å². The molecular formula is C8H10BrNO. The lowest BCUT2D eigenvalue weighted by molar-refractivity contribution is 0.474. The van der Waals surface area contributed by atoms with Crippen LogP contribution in [0.25, 0.3) is 0 Å². The van der Waals surface area contributed by atoms with E-state index in [1.807, 2.05) is 12.1 Å². The van der Waals surface area contributed by atoms with Crippen LogP contribution in [0.4, 0.5) is 0 Å². The van der Waals surface area contributed by atoms with Gasteiger partial charge in [0.1, 0.15) is 5.75 Å². The molecular weight excluding hydrogens is 206 g/mol. The van der Waals surface area contributed by atoms with Crippen molar-refractivity contribution in [2.24, 2.45) is 0 Å². The van der Waals surface area contributed by atoms with E-state index in [1.54, 1.807) is 12.1 Å². The molecule has 0 atom stereocenters. The lowest BCUT2D eigenvalue weighted by Crippen LogP contribution is -2.03. The molecule has 3 heteroatoms. The van der Waals surface area contributed by atoms with Crippen LogP contribution in [0.2, 0.25) is 0 Å². The van der Waals surface area contributed by atoms with Crippen LogP contribution >= 0.6 is 16.1 Å². The van der Waals surface area contributed by atoms with E-state index in [9.17, 15) is 0 Å². The molecule has 0 aliphatic carbocycles. The Morgan fingerprint density at radius 1 is 1.45 bits per heavy atom. The number of hydrogen-bond acceptors (Lipinski definition) is 2. The number of halogens is 1. The molecule has 0 fully saturated rings. The van der Waals surface area contributed by atoms with Crippen molar-refractivity contribution in [3.05, 3.63) is 29.8 Å². The third-order valence-electron chi connectivity index (χ3n) is 1.42. The average molecular weight is 216 g/mol. The maximum atomic E-state index is 9.08. The second-order valence-electron chi connectivity index (χ2n) is 2.30. The molecule has 0 spiro atoms. The highest BCUT2D eigenvalue weighted by Gasteiger charge is 1.92. The molecule has 0 aliphatic rings. The molecule has 0 bridgehead atoms. The lowest BCUT2D eigenvalue weighted by Gasteiger charge is -1.99.